The zero-order chi connectivity index (χ0) is 18.4. The third-order valence-electron chi connectivity index (χ3n) is 6.65. The Labute approximate surface area is 182 Å². The maximum absolute atomic E-state index is 5.59. The molecule has 2 saturated heterocycles. The van der Waals surface area contributed by atoms with E-state index in [4.69, 9.17) is 9.73 Å². The topological polar surface area (TPSA) is 52.1 Å². The second-order valence-electron chi connectivity index (χ2n) is 8.49. The molecule has 0 aromatic heterocycles. The molecule has 6 nitrogen and oxygen atoms in total. The minimum atomic E-state index is 0. The number of hydrogen-bond acceptors (Lipinski definition) is 4. The van der Waals surface area contributed by atoms with E-state index >= 15 is 0 Å². The van der Waals surface area contributed by atoms with Crippen LogP contribution in [0.25, 0.3) is 0 Å². The van der Waals surface area contributed by atoms with Crippen LogP contribution in [0.3, 0.4) is 0 Å². The number of halogens is 1. The second-order valence-corrected chi connectivity index (χ2v) is 8.49. The smallest absolute Gasteiger partial charge is 0.191 e. The van der Waals surface area contributed by atoms with E-state index in [-0.39, 0.29) is 29.5 Å². The van der Waals surface area contributed by atoms with Crippen molar-refractivity contribution in [3.63, 3.8) is 0 Å². The van der Waals surface area contributed by atoms with Gasteiger partial charge < -0.3 is 20.3 Å². The van der Waals surface area contributed by atoms with Gasteiger partial charge in [0.1, 0.15) is 0 Å². The number of likely N-dealkylation sites (N-methyl/N-ethyl adjacent to an activating group) is 1. The van der Waals surface area contributed by atoms with Gasteiger partial charge >= 0.3 is 0 Å². The molecule has 0 aromatic carbocycles. The number of ether oxygens (including phenoxy) is 1. The third kappa shape index (κ3) is 6.18. The first-order chi connectivity index (χ1) is 12.6. The van der Waals surface area contributed by atoms with Crippen molar-refractivity contribution >= 4 is 29.9 Å². The molecule has 7 heteroatoms. The summed E-state index contributed by atoms with van der Waals surface area (Å²) in [7, 11) is 4.36. The first kappa shape index (κ1) is 23.2. The summed E-state index contributed by atoms with van der Waals surface area (Å²) in [6.45, 7) is 7.98. The van der Waals surface area contributed by atoms with Gasteiger partial charge in [0, 0.05) is 50.5 Å². The Hall–Kier alpha value is -0.120. The Kier molecular flexibility index (Phi) is 9.58. The van der Waals surface area contributed by atoms with Gasteiger partial charge in [-0.1, -0.05) is 12.8 Å². The van der Waals surface area contributed by atoms with Crippen molar-refractivity contribution in [2.75, 3.05) is 53.5 Å². The molecule has 3 aliphatic rings. The first-order valence-corrected chi connectivity index (χ1v) is 10.7. The highest BCUT2D eigenvalue weighted by Crippen LogP contribution is 2.27. The van der Waals surface area contributed by atoms with Crippen LogP contribution in [0.4, 0.5) is 0 Å². The highest BCUT2D eigenvalue weighted by atomic mass is 127. The molecule has 1 unspecified atom stereocenters. The van der Waals surface area contributed by atoms with Gasteiger partial charge in [0.15, 0.2) is 5.96 Å². The van der Waals surface area contributed by atoms with Gasteiger partial charge in [-0.15, -0.1) is 24.0 Å². The van der Waals surface area contributed by atoms with Crippen LogP contribution in [0.5, 0.6) is 0 Å². The quantitative estimate of drug-likeness (QED) is 0.338. The molecule has 0 amide bonds. The molecule has 0 radical (unpaired) electrons. The number of rotatable bonds is 6. The lowest BCUT2D eigenvalue weighted by Gasteiger charge is -2.41. The highest BCUT2D eigenvalue weighted by Gasteiger charge is 2.35. The van der Waals surface area contributed by atoms with E-state index < -0.39 is 0 Å². The molecule has 158 valence electrons. The largest absolute Gasteiger partial charge is 0.381 e. The lowest BCUT2D eigenvalue weighted by molar-refractivity contribution is -0.00255. The van der Waals surface area contributed by atoms with Crippen molar-refractivity contribution in [2.24, 2.45) is 4.99 Å². The van der Waals surface area contributed by atoms with Gasteiger partial charge in [-0.25, -0.2) is 0 Å². The van der Waals surface area contributed by atoms with Crippen LogP contribution in [-0.4, -0.2) is 86.9 Å². The Morgan fingerprint density at radius 3 is 2.52 bits per heavy atom. The second kappa shape index (κ2) is 11.2. The lowest BCUT2D eigenvalue weighted by Crippen LogP contribution is -2.52. The Bertz CT molecular complexity index is 461. The van der Waals surface area contributed by atoms with Crippen LogP contribution in [0, 0.1) is 0 Å². The van der Waals surface area contributed by atoms with Gasteiger partial charge in [-0.2, -0.15) is 0 Å². The van der Waals surface area contributed by atoms with Crippen LogP contribution < -0.4 is 10.6 Å². The summed E-state index contributed by atoms with van der Waals surface area (Å²) in [6.07, 6.45) is 8.97. The van der Waals surface area contributed by atoms with Crippen LogP contribution in [0.1, 0.15) is 51.9 Å². The molecule has 3 rings (SSSR count). The molecule has 2 aliphatic heterocycles. The molecular formula is C20H40IN5O. The van der Waals surface area contributed by atoms with Crippen LogP contribution >= 0.6 is 24.0 Å². The molecule has 2 heterocycles. The first-order valence-electron chi connectivity index (χ1n) is 10.7. The SMILES string of the molecule is CCNC(=NCC1(N(C)C)CCOCC1)NC1CCN(C2CCCC2)C1.I. The fraction of sp³-hybridized carbons (Fsp3) is 0.950. The molecule has 0 spiro atoms. The van der Waals surface area contributed by atoms with E-state index in [1.807, 2.05) is 0 Å². The minimum absolute atomic E-state index is 0. The van der Waals surface area contributed by atoms with E-state index in [9.17, 15) is 0 Å². The van der Waals surface area contributed by atoms with Crippen LogP contribution in [0.15, 0.2) is 4.99 Å². The maximum Gasteiger partial charge on any atom is 0.191 e. The summed E-state index contributed by atoms with van der Waals surface area (Å²) in [5.74, 6) is 0.985. The van der Waals surface area contributed by atoms with Gasteiger partial charge in [0.2, 0.25) is 0 Å². The van der Waals surface area contributed by atoms with Gasteiger partial charge in [-0.3, -0.25) is 9.89 Å². The number of likely N-dealkylation sites (tertiary alicyclic amines) is 1. The number of aliphatic imine (C=N–C) groups is 1. The Balaban J connectivity index is 0.00000261. The average molecular weight is 493 g/mol. The van der Waals surface area contributed by atoms with Gasteiger partial charge in [-0.05, 0) is 53.1 Å². The Morgan fingerprint density at radius 2 is 1.89 bits per heavy atom. The number of nitrogens with zero attached hydrogens (tertiary/aromatic N) is 3. The predicted octanol–water partition coefficient (Wildman–Crippen LogP) is 2.29. The minimum Gasteiger partial charge on any atom is -0.381 e. The van der Waals surface area contributed by atoms with Crippen molar-refractivity contribution in [2.45, 2.75) is 69.5 Å². The van der Waals surface area contributed by atoms with Crippen molar-refractivity contribution in [3.05, 3.63) is 0 Å². The number of hydrogen-bond donors (Lipinski definition) is 2. The standard InChI is InChI=1S/C20H39N5O.HI/c1-4-21-19(22-16-20(24(2)3)10-13-26-14-11-20)23-17-9-12-25(15-17)18-7-5-6-8-18;/h17-18H,4-16H2,1-3H3,(H2,21,22,23);1H. The van der Waals surface area contributed by atoms with Crippen molar-refractivity contribution in [3.8, 4) is 0 Å². The monoisotopic (exact) mass is 493 g/mol. The number of guanidine groups is 1. The van der Waals surface area contributed by atoms with Crippen LogP contribution in [-0.2, 0) is 4.74 Å². The van der Waals surface area contributed by atoms with Crippen molar-refractivity contribution in [1.82, 2.24) is 20.4 Å². The molecule has 1 aliphatic carbocycles. The molecule has 3 fully saturated rings. The molecule has 0 bridgehead atoms. The van der Waals surface area contributed by atoms with Gasteiger partial charge in [0.25, 0.3) is 0 Å². The predicted molar refractivity (Wildman–Crippen MR) is 123 cm³/mol. The summed E-state index contributed by atoms with van der Waals surface area (Å²) < 4.78 is 5.59. The molecular weight excluding hydrogens is 453 g/mol. The zero-order valence-electron chi connectivity index (χ0n) is 17.5. The maximum atomic E-state index is 5.59. The molecule has 2 N–H and O–H groups in total. The molecule has 27 heavy (non-hydrogen) atoms. The van der Waals surface area contributed by atoms with E-state index in [1.54, 1.807) is 0 Å². The van der Waals surface area contributed by atoms with E-state index in [2.05, 4.69) is 41.5 Å². The third-order valence-corrected chi connectivity index (χ3v) is 6.65. The number of nitrogens with one attached hydrogen (secondary N) is 2. The molecule has 0 aromatic rings. The summed E-state index contributed by atoms with van der Waals surface area (Å²) >= 11 is 0. The Morgan fingerprint density at radius 1 is 1.19 bits per heavy atom. The molecule has 1 atom stereocenters. The van der Waals surface area contributed by atoms with Gasteiger partial charge in [0.05, 0.1) is 6.54 Å². The summed E-state index contributed by atoms with van der Waals surface area (Å²) in [5, 5.41) is 7.17. The van der Waals surface area contributed by atoms with Crippen molar-refractivity contribution in [1.29, 1.82) is 0 Å². The average Bonchev–Trinajstić information content (AvgIpc) is 3.32. The van der Waals surface area contributed by atoms with Crippen molar-refractivity contribution < 1.29 is 4.74 Å². The highest BCUT2D eigenvalue weighted by molar-refractivity contribution is 14.0. The lowest BCUT2D eigenvalue weighted by atomic mass is 9.89. The summed E-state index contributed by atoms with van der Waals surface area (Å²) in [6, 6.07) is 1.36. The fourth-order valence-corrected chi connectivity index (χ4v) is 4.74. The molecule has 1 saturated carbocycles. The van der Waals surface area contributed by atoms with Crippen LogP contribution in [0.2, 0.25) is 0 Å². The van der Waals surface area contributed by atoms with E-state index in [0.717, 1.165) is 51.1 Å². The zero-order valence-corrected chi connectivity index (χ0v) is 19.8. The fourth-order valence-electron chi connectivity index (χ4n) is 4.74. The van der Waals surface area contributed by atoms with E-state index in [0.29, 0.717) is 6.04 Å². The van der Waals surface area contributed by atoms with E-state index in [1.165, 1.54) is 45.2 Å². The summed E-state index contributed by atoms with van der Waals surface area (Å²) in [4.78, 5) is 10.0. The summed E-state index contributed by atoms with van der Waals surface area (Å²) in [5.41, 5.74) is 0.131. The normalized spacial score (nSPS) is 27.0.